The van der Waals surface area contributed by atoms with Gasteiger partial charge in [-0.25, -0.2) is 4.39 Å². The maximum absolute atomic E-state index is 13.0. The van der Waals surface area contributed by atoms with E-state index in [0.717, 1.165) is 19.4 Å². The standard InChI is InChI=1S/C14H21ClFNO/c1-4-5-12(9-17-10(2)3)18-11-6-7-14(16)13(15)8-11/h6-8,10,12,17H,4-5,9H2,1-3H3. The third kappa shape index (κ3) is 5.23. The molecule has 0 saturated carbocycles. The average Bonchev–Trinajstić information content (AvgIpc) is 2.31. The van der Waals surface area contributed by atoms with Crippen molar-refractivity contribution in [3.8, 4) is 5.75 Å². The van der Waals surface area contributed by atoms with E-state index in [4.69, 9.17) is 16.3 Å². The monoisotopic (exact) mass is 273 g/mol. The minimum absolute atomic E-state index is 0.0823. The van der Waals surface area contributed by atoms with E-state index in [1.54, 1.807) is 6.07 Å². The highest BCUT2D eigenvalue weighted by molar-refractivity contribution is 6.30. The van der Waals surface area contributed by atoms with Gasteiger partial charge < -0.3 is 10.1 Å². The van der Waals surface area contributed by atoms with Crippen molar-refractivity contribution < 1.29 is 9.13 Å². The van der Waals surface area contributed by atoms with Crippen LogP contribution in [0.25, 0.3) is 0 Å². The lowest BCUT2D eigenvalue weighted by Gasteiger charge is -2.20. The smallest absolute Gasteiger partial charge is 0.142 e. The van der Waals surface area contributed by atoms with Crippen LogP contribution in [0.3, 0.4) is 0 Å². The largest absolute Gasteiger partial charge is 0.489 e. The molecule has 1 unspecified atom stereocenters. The lowest BCUT2D eigenvalue weighted by atomic mass is 10.2. The third-order valence-electron chi connectivity index (χ3n) is 2.56. The van der Waals surface area contributed by atoms with E-state index < -0.39 is 5.82 Å². The van der Waals surface area contributed by atoms with E-state index >= 15 is 0 Å². The highest BCUT2D eigenvalue weighted by atomic mass is 35.5. The van der Waals surface area contributed by atoms with Gasteiger partial charge in [0.25, 0.3) is 0 Å². The Morgan fingerprint density at radius 1 is 1.39 bits per heavy atom. The van der Waals surface area contributed by atoms with Gasteiger partial charge in [0.05, 0.1) is 5.02 Å². The summed E-state index contributed by atoms with van der Waals surface area (Å²) in [4.78, 5) is 0. The van der Waals surface area contributed by atoms with Crippen LogP contribution in [0.2, 0.25) is 5.02 Å². The fourth-order valence-corrected chi connectivity index (χ4v) is 1.80. The maximum Gasteiger partial charge on any atom is 0.142 e. The number of rotatable bonds is 7. The van der Waals surface area contributed by atoms with E-state index in [1.165, 1.54) is 12.1 Å². The molecule has 0 heterocycles. The second kappa shape index (κ2) is 7.59. The molecule has 0 fully saturated rings. The van der Waals surface area contributed by atoms with Gasteiger partial charge in [-0.1, -0.05) is 38.8 Å². The Bertz CT molecular complexity index is 371. The molecule has 102 valence electrons. The van der Waals surface area contributed by atoms with Gasteiger partial charge in [0.2, 0.25) is 0 Å². The van der Waals surface area contributed by atoms with E-state index in [2.05, 4.69) is 26.1 Å². The van der Waals surface area contributed by atoms with E-state index in [1.807, 2.05) is 0 Å². The fraction of sp³-hybridized carbons (Fsp3) is 0.571. The van der Waals surface area contributed by atoms with Gasteiger partial charge in [0, 0.05) is 18.7 Å². The minimum Gasteiger partial charge on any atom is -0.489 e. The van der Waals surface area contributed by atoms with Gasteiger partial charge in [-0.3, -0.25) is 0 Å². The summed E-state index contributed by atoms with van der Waals surface area (Å²) in [6, 6.07) is 4.88. The van der Waals surface area contributed by atoms with Crippen LogP contribution in [-0.2, 0) is 0 Å². The zero-order valence-electron chi connectivity index (χ0n) is 11.2. The van der Waals surface area contributed by atoms with E-state index in [9.17, 15) is 4.39 Å². The SMILES string of the molecule is CCCC(CNC(C)C)Oc1ccc(F)c(Cl)c1. The quantitative estimate of drug-likeness (QED) is 0.810. The zero-order valence-corrected chi connectivity index (χ0v) is 11.9. The van der Waals surface area contributed by atoms with Gasteiger partial charge in [0.15, 0.2) is 0 Å². The van der Waals surface area contributed by atoms with Crippen molar-refractivity contribution in [2.75, 3.05) is 6.54 Å². The van der Waals surface area contributed by atoms with E-state index in [0.29, 0.717) is 11.8 Å². The van der Waals surface area contributed by atoms with Crippen LogP contribution >= 0.6 is 11.6 Å². The summed E-state index contributed by atoms with van der Waals surface area (Å²) in [6.45, 7) is 7.08. The first kappa shape index (κ1) is 15.3. The van der Waals surface area contributed by atoms with Crippen LogP contribution in [0, 0.1) is 5.82 Å². The molecule has 0 aromatic heterocycles. The number of halogens is 2. The molecule has 0 spiro atoms. The van der Waals surface area contributed by atoms with Crippen molar-refractivity contribution in [2.24, 2.45) is 0 Å². The van der Waals surface area contributed by atoms with Crippen LogP contribution in [0.15, 0.2) is 18.2 Å². The normalized spacial score (nSPS) is 12.8. The first-order chi connectivity index (χ1) is 8.52. The summed E-state index contributed by atoms with van der Waals surface area (Å²) < 4.78 is 18.9. The summed E-state index contributed by atoms with van der Waals surface area (Å²) in [5, 5.41) is 3.44. The molecule has 18 heavy (non-hydrogen) atoms. The molecule has 2 nitrogen and oxygen atoms in total. The highest BCUT2D eigenvalue weighted by Crippen LogP contribution is 2.22. The molecular weight excluding hydrogens is 253 g/mol. The molecule has 1 aromatic carbocycles. The number of hydrogen-bond donors (Lipinski definition) is 1. The van der Waals surface area contributed by atoms with Gasteiger partial charge in [-0.05, 0) is 18.6 Å². The van der Waals surface area contributed by atoms with Gasteiger partial charge in [-0.2, -0.15) is 0 Å². The molecule has 0 aliphatic rings. The van der Waals surface area contributed by atoms with Crippen molar-refractivity contribution in [2.45, 2.75) is 45.8 Å². The van der Waals surface area contributed by atoms with Crippen molar-refractivity contribution in [3.63, 3.8) is 0 Å². The first-order valence-corrected chi connectivity index (χ1v) is 6.75. The van der Waals surface area contributed by atoms with Gasteiger partial charge in [0.1, 0.15) is 17.7 Å². The molecule has 1 aromatic rings. The Hall–Kier alpha value is -0.800. The molecule has 0 saturated heterocycles. The summed E-state index contributed by atoms with van der Waals surface area (Å²) in [7, 11) is 0. The molecule has 1 atom stereocenters. The van der Waals surface area contributed by atoms with E-state index in [-0.39, 0.29) is 11.1 Å². The summed E-state index contributed by atoms with van der Waals surface area (Å²) in [6.07, 6.45) is 2.08. The summed E-state index contributed by atoms with van der Waals surface area (Å²) in [5.41, 5.74) is 0. The number of nitrogens with one attached hydrogen (secondary N) is 1. The predicted octanol–water partition coefficient (Wildman–Crippen LogP) is 4.02. The van der Waals surface area contributed by atoms with Gasteiger partial charge >= 0.3 is 0 Å². The molecular formula is C14H21ClFNO. The van der Waals surface area contributed by atoms with Crippen molar-refractivity contribution in [1.29, 1.82) is 0 Å². The van der Waals surface area contributed by atoms with Gasteiger partial charge in [-0.15, -0.1) is 0 Å². The minimum atomic E-state index is -0.420. The van der Waals surface area contributed by atoms with Crippen LogP contribution in [0.5, 0.6) is 5.75 Å². The predicted molar refractivity (Wildman–Crippen MR) is 73.9 cm³/mol. The number of hydrogen-bond acceptors (Lipinski definition) is 2. The molecule has 0 radical (unpaired) electrons. The molecule has 4 heteroatoms. The van der Waals surface area contributed by atoms with Crippen molar-refractivity contribution >= 4 is 11.6 Å². The second-order valence-electron chi connectivity index (χ2n) is 4.67. The summed E-state index contributed by atoms with van der Waals surface area (Å²) in [5.74, 6) is 0.196. The Kier molecular flexibility index (Phi) is 6.44. The molecule has 0 amide bonds. The zero-order chi connectivity index (χ0) is 13.5. The third-order valence-corrected chi connectivity index (χ3v) is 2.85. The summed E-state index contributed by atoms with van der Waals surface area (Å²) >= 11 is 5.73. The maximum atomic E-state index is 13.0. The molecule has 0 aliphatic carbocycles. The second-order valence-corrected chi connectivity index (χ2v) is 5.07. The van der Waals surface area contributed by atoms with Crippen molar-refractivity contribution in [1.82, 2.24) is 5.32 Å². The van der Waals surface area contributed by atoms with Crippen LogP contribution in [0.1, 0.15) is 33.6 Å². The Morgan fingerprint density at radius 3 is 2.67 bits per heavy atom. The first-order valence-electron chi connectivity index (χ1n) is 6.38. The number of benzene rings is 1. The lowest BCUT2D eigenvalue weighted by molar-refractivity contribution is 0.183. The molecule has 0 aliphatic heterocycles. The fourth-order valence-electron chi connectivity index (χ4n) is 1.63. The lowest BCUT2D eigenvalue weighted by Crippen LogP contribution is -2.35. The molecule has 1 N–H and O–H groups in total. The average molecular weight is 274 g/mol. The Labute approximate surface area is 113 Å². The highest BCUT2D eigenvalue weighted by Gasteiger charge is 2.11. The number of ether oxygens (including phenoxy) is 1. The molecule has 0 bridgehead atoms. The topological polar surface area (TPSA) is 21.3 Å². The molecule has 1 rings (SSSR count). The van der Waals surface area contributed by atoms with Crippen LogP contribution in [-0.4, -0.2) is 18.7 Å². The Morgan fingerprint density at radius 2 is 2.11 bits per heavy atom. The van der Waals surface area contributed by atoms with Crippen LogP contribution in [0.4, 0.5) is 4.39 Å². The van der Waals surface area contributed by atoms with Crippen LogP contribution < -0.4 is 10.1 Å². The van der Waals surface area contributed by atoms with Crippen molar-refractivity contribution in [3.05, 3.63) is 29.0 Å². The Balaban J connectivity index is 2.61.